The molecule has 144 valence electrons. The van der Waals surface area contributed by atoms with Crippen LogP contribution < -0.4 is 10.5 Å². The van der Waals surface area contributed by atoms with Crippen molar-refractivity contribution in [3.8, 4) is 17.4 Å². The number of fused-ring (bicyclic) bond motifs is 1. The van der Waals surface area contributed by atoms with Gasteiger partial charge in [-0.15, -0.1) is 10.2 Å². The number of phenolic OH excluding ortho intramolecular Hbond substituents is 1. The summed E-state index contributed by atoms with van der Waals surface area (Å²) in [5, 5.41) is 18.6. The van der Waals surface area contributed by atoms with Crippen LogP contribution >= 0.6 is 0 Å². The van der Waals surface area contributed by atoms with E-state index in [1.165, 1.54) is 12.1 Å². The molecule has 1 unspecified atom stereocenters. The molecule has 1 aromatic carbocycles. The van der Waals surface area contributed by atoms with E-state index >= 15 is 0 Å². The van der Waals surface area contributed by atoms with Crippen LogP contribution in [0.5, 0.6) is 5.75 Å². The van der Waals surface area contributed by atoms with E-state index in [1.54, 1.807) is 30.5 Å². The van der Waals surface area contributed by atoms with Crippen molar-refractivity contribution in [3.05, 3.63) is 64.5 Å². The third kappa shape index (κ3) is 3.81. The predicted molar refractivity (Wildman–Crippen MR) is 99.7 cm³/mol. The Hall–Kier alpha value is -3.39. The Bertz CT molecular complexity index is 1130. The highest BCUT2D eigenvalue weighted by atomic mass is 16.4. The lowest BCUT2D eigenvalue weighted by molar-refractivity contribution is -0.928. The van der Waals surface area contributed by atoms with Crippen molar-refractivity contribution in [1.82, 2.24) is 10.2 Å². The molecule has 0 saturated heterocycles. The van der Waals surface area contributed by atoms with Gasteiger partial charge in [-0.2, -0.15) is 0 Å². The van der Waals surface area contributed by atoms with Crippen molar-refractivity contribution in [1.29, 1.82) is 0 Å². The van der Waals surface area contributed by atoms with Gasteiger partial charge in [-0.3, -0.25) is 0 Å². The van der Waals surface area contributed by atoms with Gasteiger partial charge in [0.1, 0.15) is 17.9 Å². The van der Waals surface area contributed by atoms with E-state index < -0.39 is 5.63 Å². The van der Waals surface area contributed by atoms with Crippen LogP contribution in [0.15, 0.2) is 60.7 Å². The van der Waals surface area contributed by atoms with Crippen LogP contribution in [-0.4, -0.2) is 21.8 Å². The molecule has 3 aromatic heterocycles. The summed E-state index contributed by atoms with van der Waals surface area (Å²) in [6, 6.07) is 9.81. The molecule has 0 bridgehead atoms. The average molecular weight is 382 g/mol. The number of quaternary nitrogens is 1. The van der Waals surface area contributed by atoms with Gasteiger partial charge in [-0.1, -0.05) is 6.92 Å². The molecule has 4 aromatic rings. The lowest BCUT2D eigenvalue weighted by Crippen LogP contribution is -3.09. The Kier molecular flexibility index (Phi) is 4.94. The van der Waals surface area contributed by atoms with Gasteiger partial charge in [0.05, 0.1) is 12.8 Å². The number of phenols is 1. The van der Waals surface area contributed by atoms with Gasteiger partial charge in [0, 0.05) is 23.1 Å². The van der Waals surface area contributed by atoms with E-state index in [2.05, 4.69) is 17.1 Å². The average Bonchev–Trinajstić information content (AvgIpc) is 3.32. The van der Waals surface area contributed by atoms with Gasteiger partial charge in [-0.25, -0.2) is 4.79 Å². The van der Waals surface area contributed by atoms with Crippen molar-refractivity contribution in [2.75, 3.05) is 6.54 Å². The fraction of sp³-hybridized carbons (Fsp3) is 0.250. The molecule has 8 nitrogen and oxygen atoms in total. The maximum Gasteiger partial charge on any atom is 0.336 e. The van der Waals surface area contributed by atoms with Gasteiger partial charge in [0.2, 0.25) is 0 Å². The second-order valence-corrected chi connectivity index (χ2v) is 6.60. The van der Waals surface area contributed by atoms with Crippen LogP contribution in [0, 0.1) is 0 Å². The minimum absolute atomic E-state index is 0.0573. The predicted octanol–water partition coefficient (Wildman–Crippen LogP) is 2.14. The Morgan fingerprint density at radius 3 is 2.79 bits per heavy atom. The Labute approximate surface area is 160 Å². The molecule has 1 atom stereocenters. The first-order chi connectivity index (χ1) is 13.6. The van der Waals surface area contributed by atoms with Crippen molar-refractivity contribution < 1.29 is 23.3 Å². The van der Waals surface area contributed by atoms with Crippen LogP contribution in [0.2, 0.25) is 0 Å². The third-order valence-corrected chi connectivity index (χ3v) is 4.46. The molecule has 3 heterocycles. The van der Waals surface area contributed by atoms with Crippen molar-refractivity contribution >= 4 is 11.0 Å². The van der Waals surface area contributed by atoms with Crippen LogP contribution in [-0.2, 0) is 13.1 Å². The van der Waals surface area contributed by atoms with Crippen LogP contribution in [0.1, 0.15) is 24.8 Å². The summed E-state index contributed by atoms with van der Waals surface area (Å²) in [7, 11) is 0. The second kappa shape index (κ2) is 7.69. The van der Waals surface area contributed by atoms with E-state index in [-0.39, 0.29) is 5.75 Å². The first-order valence-corrected chi connectivity index (χ1v) is 9.08. The number of hydrogen-bond acceptors (Lipinski definition) is 7. The maximum absolute atomic E-state index is 11.9. The first-order valence-electron chi connectivity index (χ1n) is 9.08. The molecule has 8 heteroatoms. The SMILES string of the molecule is CCC[NH+](Cc1nnc(-c2ccco2)o1)Cc1cc(=O)oc2cc(O)ccc12. The maximum atomic E-state index is 11.9. The van der Waals surface area contributed by atoms with Gasteiger partial charge in [-0.05, 0) is 30.7 Å². The molecule has 28 heavy (non-hydrogen) atoms. The Morgan fingerprint density at radius 2 is 2.00 bits per heavy atom. The lowest BCUT2D eigenvalue weighted by Gasteiger charge is -2.17. The fourth-order valence-corrected chi connectivity index (χ4v) is 3.27. The zero-order valence-corrected chi connectivity index (χ0v) is 15.3. The zero-order chi connectivity index (χ0) is 19.5. The third-order valence-electron chi connectivity index (χ3n) is 4.46. The van der Waals surface area contributed by atoms with Gasteiger partial charge in [0.25, 0.3) is 11.8 Å². The Morgan fingerprint density at radius 1 is 1.11 bits per heavy atom. The monoisotopic (exact) mass is 382 g/mol. The first kappa shape index (κ1) is 18.0. The van der Waals surface area contributed by atoms with Gasteiger partial charge in [0.15, 0.2) is 12.3 Å². The largest absolute Gasteiger partial charge is 0.508 e. The van der Waals surface area contributed by atoms with Crippen LogP contribution in [0.4, 0.5) is 0 Å². The fourth-order valence-electron chi connectivity index (χ4n) is 3.27. The standard InChI is InChI=1S/C20H19N3O5/c1-2-7-23(12-18-21-22-20(28-18)16-4-3-8-26-16)11-13-9-19(25)27-17-10-14(24)5-6-15(13)17/h3-6,8-10,24H,2,7,11-12H2,1H3/p+1. The summed E-state index contributed by atoms with van der Waals surface area (Å²) in [6.45, 7) is 4.05. The topological polar surface area (TPSA) is 107 Å². The van der Waals surface area contributed by atoms with Crippen molar-refractivity contribution in [3.63, 3.8) is 0 Å². The minimum Gasteiger partial charge on any atom is -0.508 e. The van der Waals surface area contributed by atoms with E-state index in [0.717, 1.165) is 28.8 Å². The van der Waals surface area contributed by atoms with Gasteiger partial charge < -0.3 is 23.3 Å². The number of nitrogens with one attached hydrogen (secondary N) is 1. The molecule has 0 fully saturated rings. The zero-order valence-electron chi connectivity index (χ0n) is 15.3. The molecule has 0 saturated carbocycles. The number of aromatic nitrogens is 2. The van der Waals surface area contributed by atoms with E-state index in [0.29, 0.717) is 36.2 Å². The summed E-state index contributed by atoms with van der Waals surface area (Å²) >= 11 is 0. The number of aromatic hydroxyl groups is 1. The molecule has 0 aliphatic rings. The quantitative estimate of drug-likeness (QED) is 0.472. The van der Waals surface area contributed by atoms with Crippen LogP contribution in [0.3, 0.4) is 0 Å². The van der Waals surface area contributed by atoms with E-state index in [9.17, 15) is 9.90 Å². The lowest BCUT2D eigenvalue weighted by atomic mass is 10.1. The molecular weight excluding hydrogens is 362 g/mol. The highest BCUT2D eigenvalue weighted by molar-refractivity contribution is 5.81. The van der Waals surface area contributed by atoms with E-state index in [4.69, 9.17) is 13.3 Å². The molecule has 0 amide bonds. The molecule has 0 radical (unpaired) electrons. The highest BCUT2D eigenvalue weighted by Crippen LogP contribution is 2.21. The van der Waals surface area contributed by atoms with E-state index in [1.807, 2.05) is 0 Å². The van der Waals surface area contributed by atoms with Crippen molar-refractivity contribution in [2.24, 2.45) is 0 Å². The smallest absolute Gasteiger partial charge is 0.336 e. The normalized spacial score (nSPS) is 12.5. The number of hydrogen-bond donors (Lipinski definition) is 2. The van der Waals surface area contributed by atoms with Gasteiger partial charge >= 0.3 is 5.63 Å². The Balaban J connectivity index is 1.59. The molecule has 4 rings (SSSR count). The highest BCUT2D eigenvalue weighted by Gasteiger charge is 2.19. The molecule has 2 N–H and O–H groups in total. The second-order valence-electron chi connectivity index (χ2n) is 6.60. The number of rotatable bonds is 7. The summed E-state index contributed by atoms with van der Waals surface area (Å²) < 4.78 is 16.2. The number of nitrogens with zero attached hydrogens (tertiary/aromatic N) is 2. The minimum atomic E-state index is -0.443. The summed E-state index contributed by atoms with van der Waals surface area (Å²) in [4.78, 5) is 13.1. The summed E-state index contributed by atoms with van der Waals surface area (Å²) in [5.41, 5.74) is 0.776. The molecule has 0 spiro atoms. The molecule has 0 aliphatic carbocycles. The summed E-state index contributed by atoms with van der Waals surface area (Å²) in [6.07, 6.45) is 2.51. The molecular formula is C20H20N3O5+. The summed E-state index contributed by atoms with van der Waals surface area (Å²) in [5.74, 6) is 1.43. The van der Waals surface area contributed by atoms with Crippen molar-refractivity contribution in [2.45, 2.75) is 26.4 Å². The number of benzene rings is 1. The van der Waals surface area contributed by atoms with Crippen LogP contribution in [0.25, 0.3) is 22.6 Å². The molecule has 0 aliphatic heterocycles. The number of furan rings is 1.